The molecule has 1 aliphatic rings. The second-order valence-corrected chi connectivity index (χ2v) is 4.88. The Labute approximate surface area is 122 Å². The van der Waals surface area contributed by atoms with Crippen molar-refractivity contribution in [1.82, 2.24) is 5.16 Å². The van der Waals surface area contributed by atoms with Crippen molar-refractivity contribution in [2.75, 3.05) is 26.1 Å². The van der Waals surface area contributed by atoms with Gasteiger partial charge in [-0.3, -0.25) is 0 Å². The molecule has 6 nitrogen and oxygen atoms in total. The van der Waals surface area contributed by atoms with Gasteiger partial charge in [0.2, 0.25) is 0 Å². The summed E-state index contributed by atoms with van der Waals surface area (Å²) in [7, 11) is 1.61. The molecular formula is C15H18N2O4. The molecule has 6 heteroatoms. The van der Waals surface area contributed by atoms with E-state index < -0.39 is 0 Å². The molecule has 112 valence electrons. The fraction of sp³-hybridized carbons (Fsp3) is 0.400. The van der Waals surface area contributed by atoms with Gasteiger partial charge in [-0.25, -0.2) is 0 Å². The number of benzene rings is 1. The molecular weight excluding hydrogens is 272 g/mol. The topological polar surface area (TPSA) is 79.7 Å². The Morgan fingerprint density at radius 3 is 2.76 bits per heavy atom. The SMILES string of the molecule is COc1c(OC2CCOCC2)cccc1-c1cc(N)no1. The summed E-state index contributed by atoms with van der Waals surface area (Å²) in [4.78, 5) is 0. The minimum atomic E-state index is 0.141. The van der Waals surface area contributed by atoms with Gasteiger partial charge in [-0.05, 0) is 12.1 Å². The number of hydrogen-bond acceptors (Lipinski definition) is 6. The Morgan fingerprint density at radius 2 is 2.10 bits per heavy atom. The zero-order valence-corrected chi connectivity index (χ0v) is 11.9. The first kappa shape index (κ1) is 13.8. The van der Waals surface area contributed by atoms with Crippen LogP contribution < -0.4 is 15.2 Å². The predicted octanol–water partition coefficient (Wildman–Crippen LogP) is 2.49. The van der Waals surface area contributed by atoms with Crippen LogP contribution in [0.5, 0.6) is 11.5 Å². The molecule has 3 rings (SSSR count). The second kappa shape index (κ2) is 6.05. The van der Waals surface area contributed by atoms with E-state index in [1.807, 2.05) is 18.2 Å². The molecule has 1 aliphatic heterocycles. The van der Waals surface area contributed by atoms with Crippen LogP contribution in [0.3, 0.4) is 0 Å². The molecule has 1 saturated heterocycles. The Balaban J connectivity index is 1.90. The molecule has 0 aliphatic carbocycles. The number of rotatable bonds is 4. The number of nitrogens with zero attached hydrogens (tertiary/aromatic N) is 1. The van der Waals surface area contributed by atoms with Gasteiger partial charge >= 0.3 is 0 Å². The van der Waals surface area contributed by atoms with Crippen LogP contribution in [0, 0.1) is 0 Å². The highest BCUT2D eigenvalue weighted by Crippen LogP contribution is 2.39. The fourth-order valence-electron chi connectivity index (χ4n) is 2.40. The standard InChI is InChI=1S/C15H18N2O4/c1-18-15-11(13-9-14(16)17-21-13)3-2-4-12(15)20-10-5-7-19-8-6-10/h2-4,9-10H,5-8H2,1H3,(H2,16,17). The van der Waals surface area contributed by atoms with Gasteiger partial charge in [0.1, 0.15) is 6.10 Å². The number of methoxy groups -OCH3 is 1. The molecule has 1 fully saturated rings. The zero-order valence-electron chi connectivity index (χ0n) is 11.9. The highest BCUT2D eigenvalue weighted by molar-refractivity contribution is 5.71. The van der Waals surface area contributed by atoms with Crippen LogP contribution in [0.2, 0.25) is 0 Å². The van der Waals surface area contributed by atoms with Crippen LogP contribution in [0.25, 0.3) is 11.3 Å². The molecule has 1 aromatic carbocycles. The van der Waals surface area contributed by atoms with E-state index in [4.69, 9.17) is 24.5 Å². The molecule has 0 radical (unpaired) electrons. The Hall–Kier alpha value is -2.21. The number of aromatic nitrogens is 1. The predicted molar refractivity (Wildman–Crippen MR) is 77.4 cm³/mol. The molecule has 1 aromatic heterocycles. The second-order valence-electron chi connectivity index (χ2n) is 4.88. The van der Waals surface area contributed by atoms with E-state index in [2.05, 4.69) is 5.16 Å². The van der Waals surface area contributed by atoms with Gasteiger partial charge < -0.3 is 24.5 Å². The number of nitrogens with two attached hydrogens (primary N) is 1. The van der Waals surface area contributed by atoms with Gasteiger partial charge in [-0.2, -0.15) is 0 Å². The van der Waals surface area contributed by atoms with Gasteiger partial charge in [0.25, 0.3) is 0 Å². The van der Waals surface area contributed by atoms with Crippen molar-refractivity contribution in [3.8, 4) is 22.8 Å². The summed E-state index contributed by atoms with van der Waals surface area (Å²) < 4.78 is 22.1. The summed E-state index contributed by atoms with van der Waals surface area (Å²) in [5.41, 5.74) is 6.37. The third kappa shape index (κ3) is 2.95. The van der Waals surface area contributed by atoms with Crippen molar-refractivity contribution in [2.45, 2.75) is 18.9 Å². The highest BCUT2D eigenvalue weighted by Gasteiger charge is 2.20. The molecule has 0 spiro atoms. The third-order valence-corrected chi connectivity index (χ3v) is 3.44. The maximum Gasteiger partial charge on any atom is 0.172 e. The van der Waals surface area contributed by atoms with Crippen molar-refractivity contribution >= 4 is 5.82 Å². The average molecular weight is 290 g/mol. The Kier molecular flexibility index (Phi) is 3.96. The van der Waals surface area contributed by atoms with Crippen LogP contribution in [-0.2, 0) is 4.74 Å². The smallest absolute Gasteiger partial charge is 0.172 e. The molecule has 2 N–H and O–H groups in total. The largest absolute Gasteiger partial charge is 0.492 e. The number of ether oxygens (including phenoxy) is 3. The first-order chi connectivity index (χ1) is 10.3. The quantitative estimate of drug-likeness (QED) is 0.932. The Bertz CT molecular complexity index is 605. The highest BCUT2D eigenvalue weighted by atomic mass is 16.5. The van der Waals surface area contributed by atoms with Crippen molar-refractivity contribution in [3.63, 3.8) is 0 Å². The number of hydrogen-bond donors (Lipinski definition) is 1. The lowest BCUT2D eigenvalue weighted by Crippen LogP contribution is -2.26. The minimum absolute atomic E-state index is 0.141. The first-order valence-corrected chi connectivity index (χ1v) is 6.92. The van der Waals surface area contributed by atoms with Gasteiger partial charge in [0, 0.05) is 18.9 Å². The summed E-state index contributed by atoms with van der Waals surface area (Å²) in [5, 5.41) is 3.70. The van der Waals surface area contributed by atoms with Crippen LogP contribution in [0.4, 0.5) is 5.82 Å². The summed E-state index contributed by atoms with van der Waals surface area (Å²) in [6.45, 7) is 1.45. The van der Waals surface area contributed by atoms with Gasteiger partial charge in [-0.1, -0.05) is 11.2 Å². The average Bonchev–Trinajstić information content (AvgIpc) is 2.94. The molecule has 21 heavy (non-hydrogen) atoms. The molecule has 0 bridgehead atoms. The van der Waals surface area contributed by atoms with E-state index in [1.54, 1.807) is 13.2 Å². The molecule has 2 aromatic rings. The maximum atomic E-state index is 6.05. The molecule has 0 saturated carbocycles. The molecule has 0 amide bonds. The number of para-hydroxylation sites is 1. The van der Waals surface area contributed by atoms with Crippen molar-refractivity contribution in [1.29, 1.82) is 0 Å². The van der Waals surface area contributed by atoms with Crippen molar-refractivity contribution in [2.24, 2.45) is 0 Å². The summed E-state index contributed by atoms with van der Waals surface area (Å²) in [6, 6.07) is 7.33. The van der Waals surface area contributed by atoms with Crippen molar-refractivity contribution < 1.29 is 18.7 Å². The summed E-state index contributed by atoms with van der Waals surface area (Å²) in [6.07, 6.45) is 1.90. The van der Waals surface area contributed by atoms with E-state index >= 15 is 0 Å². The normalized spacial score (nSPS) is 15.9. The number of anilines is 1. The van der Waals surface area contributed by atoms with E-state index in [9.17, 15) is 0 Å². The Morgan fingerprint density at radius 1 is 1.29 bits per heavy atom. The van der Waals surface area contributed by atoms with Crippen molar-refractivity contribution in [3.05, 3.63) is 24.3 Å². The number of nitrogen functional groups attached to an aromatic ring is 1. The van der Waals surface area contributed by atoms with Crippen LogP contribution in [-0.4, -0.2) is 31.6 Å². The van der Waals surface area contributed by atoms with E-state index in [0.29, 0.717) is 23.1 Å². The van der Waals surface area contributed by atoms with Gasteiger partial charge in [0.05, 0.1) is 25.9 Å². The van der Waals surface area contributed by atoms with Crippen LogP contribution >= 0.6 is 0 Å². The molecule has 0 unspecified atom stereocenters. The zero-order chi connectivity index (χ0) is 14.7. The van der Waals surface area contributed by atoms with Crippen LogP contribution in [0.15, 0.2) is 28.8 Å². The lowest BCUT2D eigenvalue weighted by Gasteiger charge is -2.24. The fourth-order valence-corrected chi connectivity index (χ4v) is 2.40. The monoisotopic (exact) mass is 290 g/mol. The third-order valence-electron chi connectivity index (χ3n) is 3.44. The summed E-state index contributed by atoms with van der Waals surface area (Å²) in [5.74, 6) is 2.21. The minimum Gasteiger partial charge on any atom is -0.492 e. The van der Waals surface area contributed by atoms with E-state index in [0.717, 1.165) is 31.6 Å². The lowest BCUT2D eigenvalue weighted by molar-refractivity contribution is 0.0246. The summed E-state index contributed by atoms with van der Waals surface area (Å²) >= 11 is 0. The first-order valence-electron chi connectivity index (χ1n) is 6.92. The molecule has 0 atom stereocenters. The van der Waals surface area contributed by atoms with E-state index in [1.165, 1.54) is 0 Å². The molecule has 2 heterocycles. The van der Waals surface area contributed by atoms with Gasteiger partial charge in [-0.15, -0.1) is 0 Å². The van der Waals surface area contributed by atoms with E-state index in [-0.39, 0.29) is 6.10 Å². The van der Waals surface area contributed by atoms with Crippen LogP contribution in [0.1, 0.15) is 12.8 Å². The van der Waals surface area contributed by atoms with Gasteiger partial charge in [0.15, 0.2) is 23.1 Å². The lowest BCUT2D eigenvalue weighted by atomic mass is 10.1. The maximum absolute atomic E-state index is 6.05.